The largest absolute Gasteiger partial charge is 0.477 e. The summed E-state index contributed by atoms with van der Waals surface area (Å²) in [7, 11) is 0. The minimum Gasteiger partial charge on any atom is -0.477 e. The Kier molecular flexibility index (Phi) is 4.49. The lowest BCUT2D eigenvalue weighted by atomic mass is 10.1. The molecule has 126 valence electrons. The normalized spacial score (nSPS) is 10.6. The molecule has 0 saturated carbocycles. The molecule has 0 aliphatic heterocycles. The van der Waals surface area contributed by atoms with E-state index >= 15 is 0 Å². The van der Waals surface area contributed by atoms with Crippen LogP contribution in [-0.4, -0.2) is 27.0 Å². The number of H-pyrrole nitrogens is 1. The monoisotopic (exact) mass is 357 g/mol. The molecule has 0 aliphatic rings. The van der Waals surface area contributed by atoms with Gasteiger partial charge in [-0.1, -0.05) is 17.7 Å². The van der Waals surface area contributed by atoms with E-state index in [0.29, 0.717) is 21.5 Å². The number of rotatable bonds is 4. The SMILES string of the molecule is O=C(NCc1cc(Cl)cc2cc(C(=O)O)c(=O)[nH]c12)c1ccccn1. The van der Waals surface area contributed by atoms with Crippen molar-refractivity contribution < 1.29 is 14.7 Å². The van der Waals surface area contributed by atoms with Crippen molar-refractivity contribution in [3.63, 3.8) is 0 Å². The number of amides is 1. The average Bonchev–Trinajstić information content (AvgIpc) is 2.59. The lowest BCUT2D eigenvalue weighted by Gasteiger charge is -2.10. The van der Waals surface area contributed by atoms with Crippen LogP contribution in [0.4, 0.5) is 0 Å². The zero-order valence-corrected chi connectivity index (χ0v) is 13.5. The Hall–Kier alpha value is -3.19. The van der Waals surface area contributed by atoms with Gasteiger partial charge in [-0.2, -0.15) is 0 Å². The third-order valence-electron chi connectivity index (χ3n) is 3.57. The second-order valence-electron chi connectivity index (χ2n) is 5.24. The molecule has 25 heavy (non-hydrogen) atoms. The zero-order valence-electron chi connectivity index (χ0n) is 12.7. The fourth-order valence-electron chi connectivity index (χ4n) is 2.42. The summed E-state index contributed by atoms with van der Waals surface area (Å²) in [6.07, 6.45) is 1.51. The summed E-state index contributed by atoms with van der Waals surface area (Å²) in [4.78, 5) is 41.6. The molecule has 0 saturated heterocycles. The molecule has 0 aliphatic carbocycles. The Morgan fingerprint density at radius 2 is 2.04 bits per heavy atom. The molecule has 0 fully saturated rings. The smallest absolute Gasteiger partial charge is 0.341 e. The fourth-order valence-corrected chi connectivity index (χ4v) is 2.67. The van der Waals surface area contributed by atoms with Crippen LogP contribution in [0.3, 0.4) is 0 Å². The summed E-state index contributed by atoms with van der Waals surface area (Å²) in [5, 5.41) is 12.6. The van der Waals surface area contributed by atoms with Crippen molar-refractivity contribution in [3.05, 3.63) is 74.8 Å². The van der Waals surface area contributed by atoms with Crippen molar-refractivity contribution in [1.82, 2.24) is 15.3 Å². The number of halogens is 1. The van der Waals surface area contributed by atoms with Crippen LogP contribution in [0.2, 0.25) is 5.02 Å². The van der Waals surface area contributed by atoms with E-state index in [1.54, 1.807) is 30.3 Å². The highest BCUT2D eigenvalue weighted by atomic mass is 35.5. The van der Waals surface area contributed by atoms with Gasteiger partial charge in [0.1, 0.15) is 11.3 Å². The highest BCUT2D eigenvalue weighted by Crippen LogP contribution is 2.22. The lowest BCUT2D eigenvalue weighted by molar-refractivity contribution is 0.0695. The first kappa shape index (κ1) is 16.7. The van der Waals surface area contributed by atoms with E-state index in [1.807, 2.05) is 0 Å². The van der Waals surface area contributed by atoms with Crippen LogP contribution in [0.1, 0.15) is 26.4 Å². The standard InChI is InChI=1S/C17H12ClN3O4/c18-11-5-9-7-12(17(24)25)15(22)21-14(9)10(6-11)8-20-16(23)13-3-1-2-4-19-13/h1-7H,8H2,(H,20,23)(H,21,22)(H,24,25). The number of carboxylic acids is 1. The molecule has 2 heterocycles. The number of nitrogens with one attached hydrogen (secondary N) is 2. The van der Waals surface area contributed by atoms with E-state index in [0.717, 1.165) is 0 Å². The number of aromatic nitrogens is 2. The molecule has 1 amide bonds. The number of pyridine rings is 2. The van der Waals surface area contributed by atoms with Gasteiger partial charge in [-0.3, -0.25) is 14.6 Å². The van der Waals surface area contributed by atoms with Crippen molar-refractivity contribution in [2.24, 2.45) is 0 Å². The number of carbonyl (C=O) groups is 2. The van der Waals surface area contributed by atoms with E-state index in [4.69, 9.17) is 16.7 Å². The van der Waals surface area contributed by atoms with Gasteiger partial charge in [0.25, 0.3) is 11.5 Å². The number of carboxylic acid groups (broad SMARTS) is 1. The number of aromatic carboxylic acids is 1. The fraction of sp³-hybridized carbons (Fsp3) is 0.0588. The quantitative estimate of drug-likeness (QED) is 0.662. The Morgan fingerprint density at radius 1 is 1.24 bits per heavy atom. The molecule has 7 nitrogen and oxygen atoms in total. The molecular formula is C17H12ClN3O4. The third-order valence-corrected chi connectivity index (χ3v) is 3.78. The number of aromatic amines is 1. The average molecular weight is 358 g/mol. The minimum absolute atomic E-state index is 0.0921. The van der Waals surface area contributed by atoms with Gasteiger partial charge in [-0.15, -0.1) is 0 Å². The molecule has 1 aromatic carbocycles. The first-order valence-corrected chi connectivity index (χ1v) is 7.61. The van der Waals surface area contributed by atoms with Crippen molar-refractivity contribution >= 4 is 34.4 Å². The number of hydrogen-bond acceptors (Lipinski definition) is 4. The maximum Gasteiger partial charge on any atom is 0.341 e. The molecule has 3 aromatic rings. The van der Waals surface area contributed by atoms with Crippen LogP contribution in [0.5, 0.6) is 0 Å². The molecule has 3 N–H and O–H groups in total. The Labute approximate surface area is 146 Å². The van der Waals surface area contributed by atoms with Gasteiger partial charge >= 0.3 is 5.97 Å². The molecule has 0 spiro atoms. The number of carbonyl (C=O) groups excluding carboxylic acids is 1. The molecule has 0 atom stereocenters. The topological polar surface area (TPSA) is 112 Å². The molecule has 3 rings (SSSR count). The minimum atomic E-state index is -1.33. The van der Waals surface area contributed by atoms with Crippen molar-refractivity contribution in [2.45, 2.75) is 6.54 Å². The molecular weight excluding hydrogens is 346 g/mol. The lowest BCUT2D eigenvalue weighted by Crippen LogP contribution is -2.24. The maximum absolute atomic E-state index is 12.1. The highest BCUT2D eigenvalue weighted by Gasteiger charge is 2.14. The number of benzene rings is 1. The predicted molar refractivity (Wildman–Crippen MR) is 91.9 cm³/mol. The number of nitrogens with zero attached hydrogens (tertiary/aromatic N) is 1. The van der Waals surface area contributed by atoms with Crippen molar-refractivity contribution in [3.8, 4) is 0 Å². The van der Waals surface area contributed by atoms with Crippen LogP contribution in [0, 0.1) is 0 Å². The van der Waals surface area contributed by atoms with Gasteiger partial charge in [0, 0.05) is 23.2 Å². The van der Waals surface area contributed by atoms with Gasteiger partial charge in [-0.25, -0.2) is 4.79 Å². The van der Waals surface area contributed by atoms with Crippen LogP contribution in [0.15, 0.2) is 47.4 Å². The van der Waals surface area contributed by atoms with Gasteiger partial charge in [0.05, 0.1) is 5.52 Å². The van der Waals surface area contributed by atoms with Crippen molar-refractivity contribution in [2.75, 3.05) is 0 Å². The van der Waals surface area contributed by atoms with Crippen LogP contribution in [-0.2, 0) is 6.54 Å². The van der Waals surface area contributed by atoms with Gasteiger partial charge in [0.2, 0.25) is 0 Å². The first-order valence-electron chi connectivity index (χ1n) is 7.23. The summed E-state index contributed by atoms with van der Waals surface area (Å²) in [5.74, 6) is -1.70. The number of hydrogen-bond donors (Lipinski definition) is 3. The second-order valence-corrected chi connectivity index (χ2v) is 5.68. The predicted octanol–water partition coefficient (Wildman–Crippen LogP) is 2.20. The molecule has 8 heteroatoms. The zero-order chi connectivity index (χ0) is 18.0. The Balaban J connectivity index is 1.96. The van der Waals surface area contributed by atoms with E-state index in [-0.39, 0.29) is 23.7 Å². The molecule has 0 unspecified atom stereocenters. The summed E-state index contributed by atoms with van der Waals surface area (Å²) < 4.78 is 0. The van der Waals surface area contributed by atoms with Crippen LogP contribution < -0.4 is 10.9 Å². The summed E-state index contributed by atoms with van der Waals surface area (Å²) >= 11 is 6.06. The van der Waals surface area contributed by atoms with E-state index in [9.17, 15) is 14.4 Å². The van der Waals surface area contributed by atoms with E-state index in [1.165, 1.54) is 12.3 Å². The van der Waals surface area contributed by atoms with Crippen molar-refractivity contribution in [1.29, 1.82) is 0 Å². The molecule has 0 radical (unpaired) electrons. The molecule has 2 aromatic heterocycles. The van der Waals surface area contributed by atoms with Gasteiger partial charge in [-0.05, 0) is 35.9 Å². The van der Waals surface area contributed by atoms with Gasteiger partial charge < -0.3 is 15.4 Å². The van der Waals surface area contributed by atoms with Gasteiger partial charge in [0.15, 0.2) is 0 Å². The summed E-state index contributed by atoms with van der Waals surface area (Å²) in [5.41, 5.74) is 0.134. The van der Waals surface area contributed by atoms with Crippen LogP contribution in [0.25, 0.3) is 10.9 Å². The summed E-state index contributed by atoms with van der Waals surface area (Å²) in [6, 6.07) is 9.37. The Morgan fingerprint density at radius 3 is 2.72 bits per heavy atom. The Bertz CT molecular complexity index is 1030. The molecule has 0 bridgehead atoms. The summed E-state index contributed by atoms with van der Waals surface area (Å²) in [6.45, 7) is 0.0921. The maximum atomic E-state index is 12.1. The second kappa shape index (κ2) is 6.74. The van der Waals surface area contributed by atoms with E-state index in [2.05, 4.69) is 15.3 Å². The highest BCUT2D eigenvalue weighted by molar-refractivity contribution is 6.31. The van der Waals surface area contributed by atoms with Crippen LogP contribution >= 0.6 is 11.6 Å². The first-order chi connectivity index (χ1) is 12.0. The number of fused-ring (bicyclic) bond motifs is 1. The van der Waals surface area contributed by atoms with E-state index < -0.39 is 11.5 Å². The third kappa shape index (κ3) is 3.51.